The first-order chi connectivity index (χ1) is 8.49. The van der Waals surface area contributed by atoms with Crippen LogP contribution in [0.2, 0.25) is 0 Å². The average molecular weight is 256 g/mol. The van der Waals surface area contributed by atoms with Crippen molar-refractivity contribution in [3.63, 3.8) is 0 Å². The molecule has 1 atom stereocenters. The Morgan fingerprint density at radius 3 is 2.22 bits per heavy atom. The number of carbonyl (C=O) groups excluding carboxylic acids is 1. The van der Waals surface area contributed by atoms with Gasteiger partial charge in [-0.2, -0.15) is 0 Å². The molecule has 0 saturated carbocycles. The number of hydrogen-bond donors (Lipinski definition) is 1. The van der Waals surface area contributed by atoms with Crippen LogP contribution in [-0.4, -0.2) is 23.1 Å². The van der Waals surface area contributed by atoms with E-state index in [0.717, 1.165) is 19.3 Å². The fourth-order valence-corrected chi connectivity index (χ4v) is 1.57. The second-order valence-corrected chi connectivity index (χ2v) is 4.57. The SMILES string of the molecule is C=C(C)C(=O)OC(CCCCCCCC)C(=O)O. The number of aliphatic carboxylic acids is 1. The highest BCUT2D eigenvalue weighted by Gasteiger charge is 2.21. The molecule has 0 rings (SSSR count). The molecule has 0 amide bonds. The highest BCUT2D eigenvalue weighted by atomic mass is 16.6. The van der Waals surface area contributed by atoms with E-state index in [2.05, 4.69) is 13.5 Å². The molecular weight excluding hydrogens is 232 g/mol. The van der Waals surface area contributed by atoms with Crippen LogP contribution in [0.15, 0.2) is 12.2 Å². The summed E-state index contributed by atoms with van der Waals surface area (Å²) in [5.41, 5.74) is 0.226. The summed E-state index contributed by atoms with van der Waals surface area (Å²) >= 11 is 0. The molecule has 0 aliphatic heterocycles. The predicted molar refractivity (Wildman–Crippen MR) is 70.3 cm³/mol. The normalized spacial score (nSPS) is 11.9. The van der Waals surface area contributed by atoms with E-state index in [1.165, 1.54) is 26.2 Å². The smallest absolute Gasteiger partial charge is 0.345 e. The fraction of sp³-hybridized carbons (Fsp3) is 0.714. The van der Waals surface area contributed by atoms with Crippen LogP contribution in [0.4, 0.5) is 0 Å². The zero-order valence-corrected chi connectivity index (χ0v) is 11.4. The van der Waals surface area contributed by atoms with Gasteiger partial charge in [0.05, 0.1) is 0 Å². The summed E-state index contributed by atoms with van der Waals surface area (Å²) in [4.78, 5) is 22.2. The van der Waals surface area contributed by atoms with Gasteiger partial charge >= 0.3 is 11.9 Å². The van der Waals surface area contributed by atoms with Crippen molar-refractivity contribution in [2.45, 2.75) is 64.9 Å². The number of hydrogen-bond acceptors (Lipinski definition) is 3. The Bertz CT molecular complexity index is 284. The molecule has 104 valence electrons. The van der Waals surface area contributed by atoms with Crippen molar-refractivity contribution in [2.24, 2.45) is 0 Å². The summed E-state index contributed by atoms with van der Waals surface area (Å²) in [6.45, 7) is 7.09. The summed E-state index contributed by atoms with van der Waals surface area (Å²) in [6.07, 6.45) is 5.77. The lowest BCUT2D eigenvalue weighted by Gasteiger charge is -2.13. The largest absolute Gasteiger partial charge is 0.479 e. The number of esters is 1. The highest BCUT2D eigenvalue weighted by molar-refractivity contribution is 5.89. The van der Waals surface area contributed by atoms with E-state index in [1.54, 1.807) is 0 Å². The van der Waals surface area contributed by atoms with Crippen LogP contribution in [0.3, 0.4) is 0 Å². The Morgan fingerprint density at radius 1 is 1.17 bits per heavy atom. The number of rotatable bonds is 10. The molecule has 0 saturated heterocycles. The molecule has 0 heterocycles. The minimum absolute atomic E-state index is 0.226. The van der Waals surface area contributed by atoms with E-state index < -0.39 is 18.0 Å². The first-order valence-corrected chi connectivity index (χ1v) is 6.58. The van der Waals surface area contributed by atoms with Crippen LogP contribution in [0.5, 0.6) is 0 Å². The second-order valence-electron chi connectivity index (χ2n) is 4.57. The van der Waals surface area contributed by atoms with Crippen LogP contribution >= 0.6 is 0 Å². The average Bonchev–Trinajstić information content (AvgIpc) is 2.31. The van der Waals surface area contributed by atoms with Crippen molar-refractivity contribution < 1.29 is 19.4 Å². The maximum absolute atomic E-state index is 11.2. The van der Waals surface area contributed by atoms with Gasteiger partial charge in [0.1, 0.15) is 0 Å². The summed E-state index contributed by atoms with van der Waals surface area (Å²) in [5.74, 6) is -1.72. The summed E-state index contributed by atoms with van der Waals surface area (Å²) < 4.78 is 4.86. The zero-order chi connectivity index (χ0) is 14.0. The molecule has 18 heavy (non-hydrogen) atoms. The highest BCUT2D eigenvalue weighted by Crippen LogP contribution is 2.11. The first kappa shape index (κ1) is 16.7. The van der Waals surface area contributed by atoms with Crippen molar-refractivity contribution in [3.8, 4) is 0 Å². The number of ether oxygens (including phenoxy) is 1. The van der Waals surface area contributed by atoms with E-state index in [1.807, 2.05) is 0 Å². The van der Waals surface area contributed by atoms with Crippen LogP contribution < -0.4 is 0 Å². The van der Waals surface area contributed by atoms with Gasteiger partial charge in [-0.1, -0.05) is 45.6 Å². The molecule has 0 aliphatic rings. The van der Waals surface area contributed by atoms with Gasteiger partial charge in [-0.3, -0.25) is 0 Å². The molecule has 0 aromatic heterocycles. The van der Waals surface area contributed by atoms with E-state index in [0.29, 0.717) is 6.42 Å². The summed E-state index contributed by atoms with van der Waals surface area (Å²) in [6, 6.07) is 0. The first-order valence-electron chi connectivity index (χ1n) is 6.58. The van der Waals surface area contributed by atoms with Crippen LogP contribution in [-0.2, 0) is 14.3 Å². The molecule has 1 N–H and O–H groups in total. The van der Waals surface area contributed by atoms with Gasteiger partial charge in [0.2, 0.25) is 0 Å². The molecular formula is C14H24O4. The summed E-state index contributed by atoms with van der Waals surface area (Å²) in [5, 5.41) is 8.94. The van der Waals surface area contributed by atoms with E-state index in [4.69, 9.17) is 9.84 Å². The van der Waals surface area contributed by atoms with E-state index in [9.17, 15) is 9.59 Å². The maximum Gasteiger partial charge on any atom is 0.345 e. The number of carbonyl (C=O) groups is 2. The fourth-order valence-electron chi connectivity index (χ4n) is 1.57. The second kappa shape index (κ2) is 9.68. The molecule has 0 bridgehead atoms. The number of carboxylic acids is 1. The van der Waals surface area contributed by atoms with Gasteiger partial charge < -0.3 is 9.84 Å². The number of unbranched alkanes of at least 4 members (excludes halogenated alkanes) is 5. The molecule has 1 unspecified atom stereocenters. The quantitative estimate of drug-likeness (QED) is 0.370. The standard InChI is InChI=1S/C14H24O4/c1-4-5-6-7-8-9-10-12(13(15)16)18-14(17)11(2)3/h12H,2,4-10H2,1,3H3,(H,15,16). The topological polar surface area (TPSA) is 63.6 Å². The predicted octanol–water partition coefficient (Wildman–Crippen LogP) is 3.31. The molecule has 0 aliphatic carbocycles. The third-order valence-corrected chi connectivity index (χ3v) is 2.69. The van der Waals surface area contributed by atoms with Crippen molar-refractivity contribution in [2.75, 3.05) is 0 Å². The van der Waals surface area contributed by atoms with Gasteiger partial charge in [-0.05, 0) is 19.8 Å². The molecule has 0 aromatic carbocycles. The Balaban J connectivity index is 3.88. The monoisotopic (exact) mass is 256 g/mol. The zero-order valence-electron chi connectivity index (χ0n) is 11.4. The number of carboxylic acid groups (broad SMARTS) is 1. The van der Waals surface area contributed by atoms with Crippen molar-refractivity contribution in [1.82, 2.24) is 0 Å². The molecule has 4 heteroatoms. The van der Waals surface area contributed by atoms with Crippen LogP contribution in [0.1, 0.15) is 58.8 Å². The van der Waals surface area contributed by atoms with E-state index in [-0.39, 0.29) is 5.57 Å². The van der Waals surface area contributed by atoms with Crippen LogP contribution in [0.25, 0.3) is 0 Å². The van der Waals surface area contributed by atoms with E-state index >= 15 is 0 Å². The third-order valence-electron chi connectivity index (χ3n) is 2.69. The Hall–Kier alpha value is -1.32. The lowest BCUT2D eigenvalue weighted by Crippen LogP contribution is -2.27. The molecule has 0 radical (unpaired) electrons. The lowest BCUT2D eigenvalue weighted by molar-refractivity contribution is -0.161. The van der Waals surface area contributed by atoms with Gasteiger partial charge in [0.15, 0.2) is 6.10 Å². The molecule has 0 aromatic rings. The Kier molecular flexibility index (Phi) is 8.97. The van der Waals surface area contributed by atoms with Crippen molar-refractivity contribution >= 4 is 11.9 Å². The van der Waals surface area contributed by atoms with Gasteiger partial charge in [0.25, 0.3) is 0 Å². The molecule has 4 nitrogen and oxygen atoms in total. The lowest BCUT2D eigenvalue weighted by atomic mass is 10.1. The third kappa shape index (κ3) is 7.87. The van der Waals surface area contributed by atoms with Crippen molar-refractivity contribution in [3.05, 3.63) is 12.2 Å². The van der Waals surface area contributed by atoms with Gasteiger partial charge in [-0.15, -0.1) is 0 Å². The summed E-state index contributed by atoms with van der Waals surface area (Å²) in [7, 11) is 0. The molecule has 0 spiro atoms. The molecule has 0 fully saturated rings. The minimum atomic E-state index is -1.09. The van der Waals surface area contributed by atoms with Crippen molar-refractivity contribution in [1.29, 1.82) is 0 Å². The van der Waals surface area contributed by atoms with Gasteiger partial charge in [0, 0.05) is 5.57 Å². The Labute approximate surface area is 109 Å². The maximum atomic E-state index is 11.2. The Morgan fingerprint density at radius 2 is 1.72 bits per heavy atom. The van der Waals surface area contributed by atoms with Crippen LogP contribution in [0, 0.1) is 0 Å². The minimum Gasteiger partial charge on any atom is -0.479 e. The van der Waals surface area contributed by atoms with Gasteiger partial charge in [-0.25, -0.2) is 9.59 Å².